The summed E-state index contributed by atoms with van der Waals surface area (Å²) in [7, 11) is -2.32. The molecule has 0 aliphatic carbocycles. The number of rotatable bonds is 28. The third kappa shape index (κ3) is 13.2. The van der Waals surface area contributed by atoms with E-state index in [1.807, 2.05) is 12.1 Å². The molecule has 0 amide bonds. The van der Waals surface area contributed by atoms with Crippen molar-refractivity contribution in [2.24, 2.45) is 0 Å². The van der Waals surface area contributed by atoms with Crippen molar-refractivity contribution in [2.45, 2.75) is 101 Å². The van der Waals surface area contributed by atoms with Gasteiger partial charge >= 0.3 is 8.25 Å². The van der Waals surface area contributed by atoms with Gasteiger partial charge in [-0.1, -0.05) is 86.3 Å². The number of nitrogens with one attached hydrogen (secondary N) is 2. The van der Waals surface area contributed by atoms with Crippen LogP contribution in [0.5, 0.6) is 0 Å². The summed E-state index contributed by atoms with van der Waals surface area (Å²) in [4.78, 5) is 0. The minimum Gasteiger partial charge on any atom is -0.379 e. The molecule has 2 heterocycles. The lowest BCUT2D eigenvalue weighted by Gasteiger charge is -2.42. The van der Waals surface area contributed by atoms with Gasteiger partial charge in [-0.2, -0.15) is 0 Å². The molecule has 4 aromatic carbocycles. The molecule has 0 unspecified atom stereocenters. The predicted octanol–water partition coefficient (Wildman–Crippen LogP) is 10.7. The number of halogens is 4. The monoisotopic (exact) mass is 851 g/mol. The van der Waals surface area contributed by atoms with Gasteiger partial charge in [0.1, 0.15) is 36.5 Å². The first-order valence-electron chi connectivity index (χ1n) is 21.6. The Bertz CT molecular complexity index is 1790. The molecule has 0 bridgehead atoms. The number of aryl methyl sites for hydroxylation is 2. The maximum atomic E-state index is 14.8. The van der Waals surface area contributed by atoms with Crippen LogP contribution in [0.3, 0.4) is 0 Å². The van der Waals surface area contributed by atoms with Crippen LogP contribution < -0.4 is 10.6 Å². The quantitative estimate of drug-likeness (QED) is 0.0335. The topological polar surface area (TPSA) is 78.1 Å². The number of ether oxygens (including phenoxy) is 2. The smallest absolute Gasteiger partial charge is 0.379 e. The van der Waals surface area contributed by atoms with Crippen molar-refractivity contribution in [3.8, 4) is 0 Å². The Balaban J connectivity index is 0.762. The predicted molar refractivity (Wildman–Crippen MR) is 227 cm³/mol. The largest absolute Gasteiger partial charge is 0.697 e. The molecule has 2 fully saturated rings. The minimum atomic E-state index is -2.32. The molecule has 2 saturated heterocycles. The molecule has 0 spiro atoms. The van der Waals surface area contributed by atoms with Crippen molar-refractivity contribution in [3.63, 3.8) is 0 Å². The molecular weight excluding hydrogens is 792 g/mol. The maximum Gasteiger partial charge on any atom is 0.697 e. The van der Waals surface area contributed by atoms with Crippen LogP contribution in [-0.2, 0) is 59.8 Å². The molecule has 0 saturated carbocycles. The van der Waals surface area contributed by atoms with E-state index in [-0.39, 0.29) is 48.3 Å². The standard InChI is InChI=1S/C48H60F4N2O5P/c49-43-29-39(45(51)27-37(43)15-5-3-11-21-47(33-56-34-47)41-17-7-1-8-18-41)31-53-23-13-25-58-60(55)59-26-14-24-54-32-40-30-44(50)38(28-46(40)52)16-6-4-12-22-48(35-57-36-48)42-19-9-2-10-20-42/h1-2,7-10,17-20,27-30,53-54H,3-6,11-16,21-26,31-36H2/q+1. The highest BCUT2D eigenvalue weighted by molar-refractivity contribution is 7.33. The van der Waals surface area contributed by atoms with Crippen molar-refractivity contribution >= 4 is 8.25 Å². The Morgan fingerprint density at radius 1 is 0.517 bits per heavy atom. The molecular formula is C48H60F4N2O5P+. The molecule has 4 aromatic rings. The van der Waals surface area contributed by atoms with Crippen LogP contribution in [0.4, 0.5) is 17.6 Å². The average molecular weight is 852 g/mol. The molecule has 7 nitrogen and oxygen atoms in total. The van der Waals surface area contributed by atoms with Gasteiger partial charge < -0.3 is 20.1 Å². The van der Waals surface area contributed by atoms with Crippen molar-refractivity contribution in [1.29, 1.82) is 0 Å². The normalized spacial score (nSPS) is 15.4. The Morgan fingerprint density at radius 3 is 1.28 bits per heavy atom. The first kappa shape index (κ1) is 46.0. The molecule has 6 rings (SSSR count). The van der Waals surface area contributed by atoms with Crippen LogP contribution in [0.15, 0.2) is 84.9 Å². The van der Waals surface area contributed by atoms with E-state index >= 15 is 0 Å². The Labute approximate surface area is 353 Å². The first-order valence-corrected chi connectivity index (χ1v) is 22.7. The summed E-state index contributed by atoms with van der Waals surface area (Å²) in [6.07, 6.45) is 9.47. The van der Waals surface area contributed by atoms with E-state index in [0.29, 0.717) is 49.9 Å². The molecule has 0 aromatic heterocycles. The zero-order valence-corrected chi connectivity index (χ0v) is 35.5. The average Bonchev–Trinajstić information content (AvgIpc) is 3.22. The van der Waals surface area contributed by atoms with E-state index in [4.69, 9.17) is 18.5 Å². The van der Waals surface area contributed by atoms with Gasteiger partial charge in [-0.05, 0) is 111 Å². The Hall–Kier alpha value is -3.54. The maximum absolute atomic E-state index is 14.8. The zero-order valence-electron chi connectivity index (χ0n) is 34.6. The van der Waals surface area contributed by atoms with E-state index < -0.39 is 31.5 Å². The van der Waals surface area contributed by atoms with Gasteiger partial charge in [0.15, 0.2) is 0 Å². The Kier molecular flexibility index (Phi) is 18.1. The number of hydrogen-bond donors (Lipinski definition) is 2. The Morgan fingerprint density at radius 2 is 0.900 bits per heavy atom. The van der Waals surface area contributed by atoms with E-state index in [2.05, 4.69) is 59.2 Å². The summed E-state index contributed by atoms with van der Waals surface area (Å²) in [5, 5.41) is 6.17. The molecule has 2 N–H and O–H groups in total. The molecule has 0 radical (unpaired) electrons. The fourth-order valence-corrected chi connectivity index (χ4v) is 8.80. The summed E-state index contributed by atoms with van der Waals surface area (Å²) >= 11 is 0. The summed E-state index contributed by atoms with van der Waals surface area (Å²) in [6.45, 7) is 4.50. The molecule has 2 aliphatic heterocycles. The lowest BCUT2D eigenvalue weighted by molar-refractivity contribution is -0.0654. The molecule has 324 valence electrons. The third-order valence-corrected chi connectivity index (χ3v) is 12.7. The van der Waals surface area contributed by atoms with Gasteiger partial charge in [0.05, 0.1) is 26.4 Å². The highest BCUT2D eigenvalue weighted by Crippen LogP contribution is 2.38. The van der Waals surface area contributed by atoms with Crippen LogP contribution in [-0.4, -0.2) is 52.7 Å². The van der Waals surface area contributed by atoms with Crippen molar-refractivity contribution in [2.75, 3.05) is 52.7 Å². The van der Waals surface area contributed by atoms with Crippen LogP contribution in [0, 0.1) is 23.3 Å². The van der Waals surface area contributed by atoms with Crippen LogP contribution in [0.25, 0.3) is 0 Å². The second-order valence-electron chi connectivity index (χ2n) is 16.4. The summed E-state index contributed by atoms with van der Waals surface area (Å²) in [5.74, 6) is -1.66. The highest BCUT2D eigenvalue weighted by Gasteiger charge is 2.40. The second kappa shape index (κ2) is 23.6. The van der Waals surface area contributed by atoms with Gasteiger partial charge in [-0.15, -0.1) is 9.05 Å². The minimum absolute atomic E-state index is 0.0779. The van der Waals surface area contributed by atoms with Crippen molar-refractivity contribution in [1.82, 2.24) is 10.6 Å². The van der Waals surface area contributed by atoms with E-state index in [0.717, 1.165) is 77.8 Å². The van der Waals surface area contributed by atoms with E-state index in [1.165, 1.54) is 35.4 Å². The van der Waals surface area contributed by atoms with Gasteiger partial charge in [0, 0.05) is 39.6 Å². The SMILES string of the molecule is O=[P+](OCCCNCc1cc(F)c(CCCCCC2(c3ccccc3)COC2)cc1F)OCCCNCc1cc(F)c(CCCCCC2(c3ccccc3)COC2)cc1F. The molecule has 0 atom stereocenters. The molecule has 2 aliphatic rings. The van der Waals surface area contributed by atoms with Gasteiger partial charge in [-0.25, -0.2) is 17.6 Å². The van der Waals surface area contributed by atoms with Crippen LogP contribution in [0.1, 0.15) is 97.6 Å². The van der Waals surface area contributed by atoms with Crippen molar-refractivity contribution in [3.05, 3.63) is 142 Å². The molecule has 12 heteroatoms. The lowest BCUT2D eigenvalue weighted by Crippen LogP contribution is -2.46. The summed E-state index contributed by atoms with van der Waals surface area (Å²) in [6, 6.07) is 26.0. The first-order chi connectivity index (χ1) is 29.3. The van der Waals surface area contributed by atoms with E-state index in [9.17, 15) is 22.1 Å². The number of benzene rings is 4. The van der Waals surface area contributed by atoms with Gasteiger partial charge in [0.25, 0.3) is 0 Å². The number of hydrogen-bond acceptors (Lipinski definition) is 7. The van der Waals surface area contributed by atoms with E-state index in [1.54, 1.807) is 0 Å². The molecule has 60 heavy (non-hydrogen) atoms. The summed E-state index contributed by atoms with van der Waals surface area (Å²) in [5.41, 5.74) is 4.08. The fourth-order valence-electron chi connectivity index (χ4n) is 8.17. The van der Waals surface area contributed by atoms with Crippen LogP contribution in [0.2, 0.25) is 0 Å². The second-order valence-corrected chi connectivity index (χ2v) is 17.4. The highest BCUT2D eigenvalue weighted by atomic mass is 31.1. The fraction of sp³-hybridized carbons (Fsp3) is 0.500. The van der Waals surface area contributed by atoms with Gasteiger partial charge in [-0.3, -0.25) is 0 Å². The third-order valence-electron chi connectivity index (χ3n) is 11.9. The lowest BCUT2D eigenvalue weighted by atomic mass is 9.74. The zero-order chi connectivity index (χ0) is 42.0. The van der Waals surface area contributed by atoms with Gasteiger partial charge in [0.2, 0.25) is 0 Å². The van der Waals surface area contributed by atoms with Crippen molar-refractivity contribution < 1.29 is 40.6 Å². The van der Waals surface area contributed by atoms with Crippen LogP contribution >= 0.6 is 8.25 Å². The summed E-state index contributed by atoms with van der Waals surface area (Å²) < 4.78 is 93.0. The number of unbranched alkanes of at least 4 members (excludes halogenated alkanes) is 4.